The van der Waals surface area contributed by atoms with Crippen LogP contribution in [-0.2, 0) is 10.0 Å². The van der Waals surface area contributed by atoms with E-state index in [-0.39, 0.29) is 4.90 Å². The van der Waals surface area contributed by atoms with Crippen LogP contribution in [0.1, 0.15) is 33.1 Å². The van der Waals surface area contributed by atoms with Gasteiger partial charge in [0.15, 0.2) is 5.11 Å². The molecule has 1 aromatic rings. The Balaban J connectivity index is 2.05. The van der Waals surface area contributed by atoms with E-state index in [0.29, 0.717) is 28.7 Å². The molecule has 0 heterocycles. The Bertz CT molecular complexity index is 689. The second-order valence-corrected chi connectivity index (χ2v) is 9.35. The second-order valence-electron chi connectivity index (χ2n) is 6.79. The average Bonchev–Trinajstić information content (AvgIpc) is 2.52. The lowest BCUT2D eigenvalue weighted by Gasteiger charge is -2.35. The van der Waals surface area contributed by atoms with Gasteiger partial charge in [0, 0.05) is 25.8 Å². The molecule has 0 spiro atoms. The monoisotopic (exact) mass is 369 g/mol. The van der Waals surface area contributed by atoms with E-state index in [0.717, 1.165) is 6.42 Å². The third-order valence-corrected chi connectivity index (χ3v) is 6.92. The van der Waals surface area contributed by atoms with Crippen molar-refractivity contribution in [2.45, 2.75) is 44.0 Å². The van der Waals surface area contributed by atoms with Crippen LogP contribution in [0, 0.1) is 11.8 Å². The minimum atomic E-state index is -3.45. The molecular formula is C17H27N3O2S2. The zero-order valence-electron chi connectivity index (χ0n) is 14.7. The molecule has 1 fully saturated rings. The highest BCUT2D eigenvalue weighted by atomic mass is 32.2. The van der Waals surface area contributed by atoms with Crippen molar-refractivity contribution in [3.8, 4) is 0 Å². The minimum Gasteiger partial charge on any atom is -0.359 e. The molecule has 0 saturated heterocycles. The van der Waals surface area contributed by atoms with Gasteiger partial charge in [-0.2, -0.15) is 0 Å². The van der Waals surface area contributed by atoms with E-state index < -0.39 is 10.0 Å². The predicted molar refractivity (Wildman–Crippen MR) is 103 cm³/mol. The molecule has 0 aromatic heterocycles. The molecule has 0 bridgehead atoms. The van der Waals surface area contributed by atoms with Gasteiger partial charge < -0.3 is 10.6 Å². The van der Waals surface area contributed by atoms with Crippen LogP contribution in [0.5, 0.6) is 0 Å². The summed E-state index contributed by atoms with van der Waals surface area (Å²) in [6.07, 6.45) is 3.59. The molecule has 5 nitrogen and oxygen atoms in total. The summed E-state index contributed by atoms with van der Waals surface area (Å²) in [5, 5.41) is 7.04. The first-order valence-corrected chi connectivity index (χ1v) is 10.2. The highest BCUT2D eigenvalue weighted by Crippen LogP contribution is 2.29. The van der Waals surface area contributed by atoms with Crippen molar-refractivity contribution < 1.29 is 8.42 Å². The van der Waals surface area contributed by atoms with Gasteiger partial charge in [-0.3, -0.25) is 0 Å². The second kappa shape index (κ2) is 7.80. The van der Waals surface area contributed by atoms with Gasteiger partial charge >= 0.3 is 0 Å². The first kappa shape index (κ1) is 19.1. The first-order valence-electron chi connectivity index (χ1n) is 8.32. The van der Waals surface area contributed by atoms with Crippen molar-refractivity contribution in [3.05, 3.63) is 24.3 Å². The number of benzene rings is 1. The van der Waals surface area contributed by atoms with Crippen LogP contribution in [0.4, 0.5) is 5.69 Å². The Hall–Kier alpha value is -1.18. The molecule has 1 aromatic carbocycles. The summed E-state index contributed by atoms with van der Waals surface area (Å²) >= 11 is 5.41. The SMILES string of the molecule is C[C@H]1[C@H](C)CCC[C@@H]1NC(=S)Nc1cccc(S(=O)(=O)N(C)C)c1. The van der Waals surface area contributed by atoms with Gasteiger partial charge in [0.25, 0.3) is 0 Å². The molecular weight excluding hydrogens is 342 g/mol. The number of rotatable bonds is 4. The summed E-state index contributed by atoms with van der Waals surface area (Å²) in [5.74, 6) is 1.26. The zero-order chi connectivity index (χ0) is 17.9. The van der Waals surface area contributed by atoms with Gasteiger partial charge in [-0.15, -0.1) is 0 Å². The van der Waals surface area contributed by atoms with Crippen molar-refractivity contribution in [2.75, 3.05) is 19.4 Å². The van der Waals surface area contributed by atoms with Crippen molar-refractivity contribution in [1.82, 2.24) is 9.62 Å². The molecule has 3 atom stereocenters. The molecule has 0 amide bonds. The number of sulfonamides is 1. The minimum absolute atomic E-state index is 0.250. The largest absolute Gasteiger partial charge is 0.359 e. The maximum atomic E-state index is 12.2. The number of nitrogens with zero attached hydrogens (tertiary/aromatic N) is 1. The van der Waals surface area contributed by atoms with Gasteiger partial charge in [0.05, 0.1) is 4.90 Å². The number of thiocarbonyl (C=S) groups is 1. The third-order valence-electron chi connectivity index (χ3n) is 4.89. The van der Waals surface area contributed by atoms with Gasteiger partial charge in [-0.25, -0.2) is 12.7 Å². The summed E-state index contributed by atoms with van der Waals surface area (Å²) in [6, 6.07) is 7.09. The smallest absolute Gasteiger partial charge is 0.242 e. The Morgan fingerprint density at radius 2 is 1.96 bits per heavy atom. The number of nitrogens with one attached hydrogen (secondary N) is 2. The lowest BCUT2D eigenvalue weighted by Crippen LogP contribution is -2.45. The lowest BCUT2D eigenvalue weighted by molar-refractivity contribution is 0.225. The van der Waals surface area contributed by atoms with E-state index in [1.807, 2.05) is 6.07 Å². The van der Waals surface area contributed by atoms with Crippen molar-refractivity contribution in [1.29, 1.82) is 0 Å². The molecule has 1 saturated carbocycles. The van der Waals surface area contributed by atoms with Crippen LogP contribution < -0.4 is 10.6 Å². The lowest BCUT2D eigenvalue weighted by atomic mass is 9.78. The summed E-state index contributed by atoms with van der Waals surface area (Å²) in [7, 11) is -0.407. The van der Waals surface area contributed by atoms with Crippen LogP contribution in [0.15, 0.2) is 29.2 Å². The van der Waals surface area contributed by atoms with Crippen molar-refractivity contribution in [3.63, 3.8) is 0 Å². The Kier molecular flexibility index (Phi) is 6.22. The third kappa shape index (κ3) is 4.46. The van der Waals surface area contributed by atoms with Gasteiger partial charge in [0.1, 0.15) is 0 Å². The van der Waals surface area contributed by atoms with E-state index in [2.05, 4.69) is 24.5 Å². The number of hydrogen-bond acceptors (Lipinski definition) is 3. The van der Waals surface area contributed by atoms with Crippen molar-refractivity contribution >= 4 is 33.0 Å². The summed E-state index contributed by atoms with van der Waals surface area (Å²) < 4.78 is 25.6. The summed E-state index contributed by atoms with van der Waals surface area (Å²) in [4.78, 5) is 0.250. The average molecular weight is 370 g/mol. The molecule has 1 aliphatic carbocycles. The van der Waals surface area contributed by atoms with Crippen LogP contribution in [-0.4, -0.2) is 38.0 Å². The van der Waals surface area contributed by atoms with E-state index in [4.69, 9.17) is 12.2 Å². The fourth-order valence-corrected chi connectivity index (χ4v) is 4.28. The van der Waals surface area contributed by atoms with E-state index >= 15 is 0 Å². The summed E-state index contributed by atoms with van der Waals surface area (Å²) in [5.41, 5.74) is 0.673. The molecule has 2 rings (SSSR count). The Labute approximate surface area is 150 Å². The highest BCUT2D eigenvalue weighted by molar-refractivity contribution is 7.89. The van der Waals surface area contributed by atoms with Crippen LogP contribution in [0.25, 0.3) is 0 Å². The van der Waals surface area contributed by atoms with Gasteiger partial charge in [-0.05, 0) is 48.7 Å². The maximum Gasteiger partial charge on any atom is 0.242 e. The van der Waals surface area contributed by atoms with Crippen LogP contribution in [0.2, 0.25) is 0 Å². The molecule has 2 N–H and O–H groups in total. The predicted octanol–water partition coefficient (Wildman–Crippen LogP) is 3.05. The normalized spacial score (nSPS) is 24.6. The molecule has 0 unspecified atom stereocenters. The molecule has 24 heavy (non-hydrogen) atoms. The molecule has 0 radical (unpaired) electrons. The molecule has 134 valence electrons. The van der Waals surface area contributed by atoms with Gasteiger partial charge in [0.2, 0.25) is 10.0 Å². The fourth-order valence-electron chi connectivity index (χ4n) is 3.07. The van der Waals surface area contributed by atoms with Crippen molar-refractivity contribution in [2.24, 2.45) is 11.8 Å². The standard InChI is InChI=1S/C17H27N3O2S2/c1-12-7-5-10-16(13(12)2)19-17(23)18-14-8-6-9-15(11-14)24(21,22)20(3)4/h6,8-9,11-13,16H,5,7,10H2,1-4H3,(H2,18,19,23)/t12-,13+,16+/m1/s1. The molecule has 7 heteroatoms. The zero-order valence-corrected chi connectivity index (χ0v) is 16.4. The number of anilines is 1. The van der Waals surface area contributed by atoms with Crippen LogP contribution in [0.3, 0.4) is 0 Å². The summed E-state index contributed by atoms with van der Waals surface area (Å²) in [6.45, 7) is 4.54. The quantitative estimate of drug-likeness (QED) is 0.799. The topological polar surface area (TPSA) is 61.4 Å². The van der Waals surface area contributed by atoms with E-state index in [1.54, 1.807) is 18.2 Å². The highest BCUT2D eigenvalue weighted by Gasteiger charge is 2.27. The maximum absolute atomic E-state index is 12.2. The Morgan fingerprint density at radius 1 is 1.25 bits per heavy atom. The van der Waals surface area contributed by atoms with E-state index in [1.165, 1.54) is 31.2 Å². The Morgan fingerprint density at radius 3 is 2.62 bits per heavy atom. The molecule has 0 aliphatic heterocycles. The number of hydrogen-bond donors (Lipinski definition) is 2. The van der Waals surface area contributed by atoms with E-state index in [9.17, 15) is 8.42 Å². The van der Waals surface area contributed by atoms with Gasteiger partial charge in [-0.1, -0.05) is 32.8 Å². The molecule has 1 aliphatic rings. The first-order chi connectivity index (χ1) is 11.2. The van der Waals surface area contributed by atoms with Crippen LogP contribution >= 0.6 is 12.2 Å². The fraction of sp³-hybridized carbons (Fsp3) is 0.588.